The summed E-state index contributed by atoms with van der Waals surface area (Å²) in [4.78, 5) is 2.45. The smallest absolute Gasteiger partial charge is 0.169 e. The van der Waals surface area contributed by atoms with E-state index in [9.17, 15) is 0 Å². The van der Waals surface area contributed by atoms with E-state index in [0.717, 1.165) is 25.7 Å². The van der Waals surface area contributed by atoms with Crippen molar-refractivity contribution in [3.63, 3.8) is 0 Å². The molecule has 2 bridgehead atoms. The number of hydrogen-bond donors (Lipinski definition) is 0. The molecule has 0 aromatic heterocycles. The molecular weight excluding hydrogens is 599 g/mol. The van der Waals surface area contributed by atoms with E-state index in [2.05, 4.69) is 81.5 Å². The first-order valence-corrected chi connectivity index (χ1v) is 21.7. The Morgan fingerprint density at radius 3 is 1.35 bits per heavy atom. The second-order valence-electron chi connectivity index (χ2n) is 16.2. The van der Waals surface area contributed by atoms with Gasteiger partial charge >= 0.3 is 0 Å². The Kier molecular flexibility index (Phi) is 22.9. The normalized spacial score (nSPS) is 24.7. The van der Waals surface area contributed by atoms with Crippen LogP contribution in [0.1, 0.15) is 194 Å². The first-order chi connectivity index (χ1) is 24.1. The van der Waals surface area contributed by atoms with Gasteiger partial charge in [-0.2, -0.15) is 0 Å². The zero-order valence-electron chi connectivity index (χ0n) is 33.1. The molecule has 0 spiro atoms. The van der Waals surface area contributed by atoms with E-state index < -0.39 is 0 Å². The lowest BCUT2D eigenvalue weighted by Gasteiger charge is -2.33. The van der Waals surface area contributed by atoms with Crippen LogP contribution in [0.15, 0.2) is 48.6 Å². The molecule has 1 saturated heterocycles. The van der Waals surface area contributed by atoms with Crippen LogP contribution in [0.5, 0.6) is 0 Å². The van der Waals surface area contributed by atoms with Gasteiger partial charge in [0.2, 0.25) is 0 Å². The summed E-state index contributed by atoms with van der Waals surface area (Å²) in [6, 6.07) is 0.675. The lowest BCUT2D eigenvalue weighted by Crippen LogP contribution is -2.43. The molecule has 3 heteroatoms. The van der Waals surface area contributed by atoms with Crippen molar-refractivity contribution in [2.24, 2.45) is 11.8 Å². The van der Waals surface area contributed by atoms with E-state index in [1.54, 1.807) is 0 Å². The van der Waals surface area contributed by atoms with Gasteiger partial charge in [0.15, 0.2) is 5.79 Å². The molecule has 0 aromatic carbocycles. The summed E-state index contributed by atoms with van der Waals surface area (Å²) in [6.07, 6.45) is 55.6. The molecule has 49 heavy (non-hydrogen) atoms. The first-order valence-electron chi connectivity index (χ1n) is 21.7. The van der Waals surface area contributed by atoms with Gasteiger partial charge in [-0.3, -0.25) is 0 Å². The third-order valence-electron chi connectivity index (χ3n) is 11.7. The Morgan fingerprint density at radius 2 is 0.898 bits per heavy atom. The number of nitrogens with zero attached hydrogens (tertiary/aromatic N) is 1. The molecule has 3 rings (SSSR count). The van der Waals surface area contributed by atoms with Crippen LogP contribution >= 0.6 is 0 Å². The molecule has 5 atom stereocenters. The van der Waals surface area contributed by atoms with Gasteiger partial charge in [0.05, 0.1) is 12.2 Å². The van der Waals surface area contributed by atoms with Crippen LogP contribution in [0, 0.1) is 11.8 Å². The van der Waals surface area contributed by atoms with Crippen LogP contribution in [0.3, 0.4) is 0 Å². The van der Waals surface area contributed by atoms with Gasteiger partial charge in [0.1, 0.15) is 0 Å². The van der Waals surface area contributed by atoms with Gasteiger partial charge in [-0.05, 0) is 110 Å². The van der Waals surface area contributed by atoms with Crippen molar-refractivity contribution in [1.29, 1.82) is 0 Å². The van der Waals surface area contributed by atoms with Crippen LogP contribution in [-0.2, 0) is 9.47 Å². The Balaban J connectivity index is 1.27. The molecule has 1 heterocycles. The Labute approximate surface area is 305 Å². The van der Waals surface area contributed by atoms with Crippen LogP contribution in [0.4, 0.5) is 0 Å². The summed E-state index contributed by atoms with van der Waals surface area (Å²) in [5, 5.41) is 0. The van der Waals surface area contributed by atoms with Gasteiger partial charge < -0.3 is 14.4 Å². The maximum Gasteiger partial charge on any atom is 0.169 e. The average molecular weight is 680 g/mol. The topological polar surface area (TPSA) is 21.7 Å². The SMILES string of the molecule is CCCCC/C=C\C/C=C\CCCCCCCCC1(CCCCCCCC/C=C\C/C=C\CCCCC)O[C@@H]2C3CC([C@H]2O1)[C@H](N(C)C)C3. The number of rotatable bonds is 31. The van der Waals surface area contributed by atoms with Crippen molar-refractivity contribution in [2.45, 2.75) is 218 Å². The molecule has 0 aromatic rings. The van der Waals surface area contributed by atoms with Crippen molar-refractivity contribution < 1.29 is 9.47 Å². The minimum atomic E-state index is -0.308. The van der Waals surface area contributed by atoms with E-state index in [0.29, 0.717) is 30.1 Å². The number of hydrogen-bond acceptors (Lipinski definition) is 3. The van der Waals surface area contributed by atoms with E-state index in [1.807, 2.05) is 0 Å². The second-order valence-corrected chi connectivity index (χ2v) is 16.2. The molecule has 3 fully saturated rings. The lowest BCUT2D eigenvalue weighted by atomic mass is 9.90. The highest BCUT2D eigenvalue weighted by molar-refractivity contribution is 5.09. The number of unbranched alkanes of at least 4 members (excludes halogenated alkanes) is 18. The van der Waals surface area contributed by atoms with Crippen molar-refractivity contribution >= 4 is 0 Å². The number of allylic oxidation sites excluding steroid dienone is 8. The quantitative estimate of drug-likeness (QED) is 0.0538. The molecule has 2 aliphatic carbocycles. The molecule has 282 valence electrons. The fourth-order valence-electron chi connectivity index (χ4n) is 8.78. The van der Waals surface area contributed by atoms with Gasteiger partial charge in [-0.15, -0.1) is 0 Å². The van der Waals surface area contributed by atoms with Gasteiger partial charge in [-0.25, -0.2) is 0 Å². The summed E-state index contributed by atoms with van der Waals surface area (Å²) in [6.45, 7) is 4.55. The maximum atomic E-state index is 7.06. The maximum absolute atomic E-state index is 7.06. The van der Waals surface area contributed by atoms with E-state index in [4.69, 9.17) is 9.47 Å². The van der Waals surface area contributed by atoms with E-state index >= 15 is 0 Å². The summed E-state index contributed by atoms with van der Waals surface area (Å²) >= 11 is 0. The Hall–Kier alpha value is -1.16. The standard InChI is InChI=1S/C46H81NO2/c1-5-7-9-11-13-15-17-19-21-23-25-27-29-31-33-35-37-46(48-44-41-39-42(45(44)49-46)43(40-41)47(3)4)38-36-34-32-30-28-26-24-22-20-18-16-14-12-10-8-6-2/h13-16,19-22,41-45H,5-12,17-18,23-40H2,1-4H3/b15-13-,16-14-,21-19-,22-20-/t41?,42?,43-,44-,45-/m1/s1. The highest BCUT2D eigenvalue weighted by atomic mass is 16.8. The molecule has 1 aliphatic heterocycles. The Morgan fingerprint density at radius 1 is 0.490 bits per heavy atom. The number of fused-ring (bicyclic) bond motifs is 5. The lowest BCUT2D eigenvalue weighted by molar-refractivity contribution is -0.196. The fraction of sp³-hybridized carbons (Fsp3) is 0.826. The summed E-state index contributed by atoms with van der Waals surface area (Å²) < 4.78 is 14.1. The van der Waals surface area contributed by atoms with E-state index in [1.165, 1.54) is 154 Å². The molecule has 3 nitrogen and oxygen atoms in total. The average Bonchev–Trinajstić information content (AvgIpc) is 3.79. The second kappa shape index (κ2) is 26.6. The van der Waals surface area contributed by atoms with Crippen LogP contribution in [-0.4, -0.2) is 43.0 Å². The predicted octanol–water partition coefficient (Wildman–Crippen LogP) is 13.8. The molecule has 0 amide bonds. The van der Waals surface area contributed by atoms with Crippen LogP contribution in [0.25, 0.3) is 0 Å². The predicted molar refractivity (Wildman–Crippen MR) is 214 cm³/mol. The zero-order valence-corrected chi connectivity index (χ0v) is 33.1. The van der Waals surface area contributed by atoms with Gasteiger partial charge in [0.25, 0.3) is 0 Å². The van der Waals surface area contributed by atoms with Crippen molar-refractivity contribution in [3.8, 4) is 0 Å². The van der Waals surface area contributed by atoms with Gasteiger partial charge in [-0.1, -0.05) is 140 Å². The molecule has 3 aliphatic rings. The first kappa shape index (κ1) is 42.3. The summed E-state index contributed by atoms with van der Waals surface area (Å²) in [5.74, 6) is 1.06. The zero-order chi connectivity index (χ0) is 34.8. The number of ether oxygens (including phenoxy) is 2. The van der Waals surface area contributed by atoms with Crippen LogP contribution in [0.2, 0.25) is 0 Å². The highest BCUT2D eigenvalue weighted by Crippen LogP contribution is 2.55. The molecular formula is C46H81NO2. The van der Waals surface area contributed by atoms with E-state index in [-0.39, 0.29) is 5.79 Å². The summed E-state index contributed by atoms with van der Waals surface area (Å²) in [5.41, 5.74) is 0. The van der Waals surface area contributed by atoms with Crippen molar-refractivity contribution in [2.75, 3.05) is 14.1 Å². The third kappa shape index (κ3) is 16.8. The fourth-order valence-corrected chi connectivity index (χ4v) is 8.78. The van der Waals surface area contributed by atoms with Crippen LogP contribution < -0.4 is 0 Å². The Bertz CT molecular complexity index is 870. The minimum absolute atomic E-state index is 0.308. The monoisotopic (exact) mass is 680 g/mol. The minimum Gasteiger partial charge on any atom is -0.344 e. The van der Waals surface area contributed by atoms with Crippen molar-refractivity contribution in [3.05, 3.63) is 48.6 Å². The molecule has 2 unspecified atom stereocenters. The summed E-state index contributed by atoms with van der Waals surface area (Å²) in [7, 11) is 4.52. The van der Waals surface area contributed by atoms with Crippen molar-refractivity contribution in [1.82, 2.24) is 4.90 Å². The largest absolute Gasteiger partial charge is 0.344 e. The highest BCUT2D eigenvalue weighted by Gasteiger charge is 2.62. The third-order valence-corrected chi connectivity index (χ3v) is 11.7. The molecule has 0 N–H and O–H groups in total. The van der Waals surface area contributed by atoms with Gasteiger partial charge in [0, 0.05) is 24.8 Å². The molecule has 0 radical (unpaired) electrons. The molecule has 2 saturated carbocycles.